The van der Waals surface area contributed by atoms with Gasteiger partial charge in [-0.2, -0.15) is 9.89 Å². The molecule has 172 valence electrons. The third kappa shape index (κ3) is 3.72. The maximum atomic E-state index is 13.0. The molecule has 3 heterocycles. The summed E-state index contributed by atoms with van der Waals surface area (Å²) in [7, 11) is 0. The van der Waals surface area contributed by atoms with E-state index in [-0.39, 0.29) is 12.3 Å². The van der Waals surface area contributed by atoms with E-state index in [2.05, 4.69) is 22.2 Å². The monoisotopic (exact) mass is 448 g/mol. The van der Waals surface area contributed by atoms with Crippen LogP contribution in [0.3, 0.4) is 0 Å². The number of rotatable bonds is 2. The first-order chi connectivity index (χ1) is 15.8. The number of carbonyl (C=O) groups is 2. The number of hydrogen-bond donors (Lipinski definition) is 1. The molecule has 2 amide bonds. The number of ether oxygens (including phenoxy) is 1. The van der Waals surface area contributed by atoms with Crippen LogP contribution in [0.2, 0.25) is 0 Å². The zero-order valence-electron chi connectivity index (χ0n) is 19.2. The number of hydrogen-bond acceptors (Lipinski definition) is 4. The van der Waals surface area contributed by atoms with E-state index in [1.165, 1.54) is 24.8 Å². The highest BCUT2D eigenvalue weighted by molar-refractivity contribution is 6.43. The largest absolute Gasteiger partial charge is 0.444 e. The molecule has 0 spiro atoms. The van der Waals surface area contributed by atoms with Crippen LogP contribution < -0.4 is 5.32 Å². The summed E-state index contributed by atoms with van der Waals surface area (Å²) in [5.41, 5.74) is 13.0. The molecule has 9 heteroatoms. The zero-order valence-corrected chi connectivity index (χ0v) is 19.2. The Hall–Kier alpha value is -3.45. The Labute approximate surface area is 192 Å². The van der Waals surface area contributed by atoms with Crippen molar-refractivity contribution in [1.29, 1.82) is 0 Å². The number of nitrogens with zero attached hydrogens (tertiary/aromatic N) is 5. The van der Waals surface area contributed by atoms with Gasteiger partial charge in [0.2, 0.25) is 0 Å². The van der Waals surface area contributed by atoms with E-state index < -0.39 is 23.6 Å². The van der Waals surface area contributed by atoms with Crippen LogP contribution >= 0.6 is 0 Å². The summed E-state index contributed by atoms with van der Waals surface area (Å²) in [5.74, 6) is 0.110. The Bertz CT molecular complexity index is 1170. The molecule has 1 atom stereocenters. The van der Waals surface area contributed by atoms with Gasteiger partial charge in [-0.1, -0.05) is 18.6 Å². The Kier molecular flexibility index (Phi) is 5.09. The maximum absolute atomic E-state index is 13.0. The lowest BCUT2D eigenvalue weighted by molar-refractivity contribution is -0.119. The number of benzene rings is 1. The first-order valence-corrected chi connectivity index (χ1v) is 11.5. The molecule has 2 aromatic rings. The van der Waals surface area contributed by atoms with E-state index in [1.54, 1.807) is 4.90 Å². The fourth-order valence-electron chi connectivity index (χ4n) is 4.84. The molecule has 2 aliphatic heterocycles. The van der Waals surface area contributed by atoms with Crippen LogP contribution in [0.5, 0.6) is 0 Å². The summed E-state index contributed by atoms with van der Waals surface area (Å²) in [4.78, 5) is 30.5. The Morgan fingerprint density at radius 3 is 2.58 bits per heavy atom. The molecule has 1 fully saturated rings. The highest BCUT2D eigenvalue weighted by Gasteiger charge is 2.45. The van der Waals surface area contributed by atoms with Crippen molar-refractivity contribution < 1.29 is 19.1 Å². The lowest BCUT2D eigenvalue weighted by atomic mass is 9.80. The number of nitrogens with one attached hydrogen (secondary N) is 1. The topological polar surface area (TPSA) is 113 Å². The van der Waals surface area contributed by atoms with E-state index in [1.807, 2.05) is 37.6 Å². The summed E-state index contributed by atoms with van der Waals surface area (Å²) in [6.07, 6.45) is 3.83. The summed E-state index contributed by atoms with van der Waals surface area (Å²) in [5, 5.41) is 7.46. The van der Waals surface area contributed by atoms with Gasteiger partial charge in [-0.15, -0.1) is 0 Å². The molecule has 1 aliphatic carbocycles. The number of amides is 2. The number of carbonyl (C=O) groups excluding carboxylic acids is 2. The minimum atomic E-state index is -0.641. The molecule has 1 N–H and O–H groups in total. The average Bonchev–Trinajstić information content (AvgIpc) is 3.03. The second kappa shape index (κ2) is 7.85. The second-order valence-electron chi connectivity index (χ2n) is 9.94. The van der Waals surface area contributed by atoms with Crippen molar-refractivity contribution in [3.8, 4) is 5.69 Å². The fourth-order valence-corrected chi connectivity index (χ4v) is 4.84. The molecule has 1 aromatic carbocycles. The van der Waals surface area contributed by atoms with Crippen molar-refractivity contribution in [3.05, 3.63) is 52.3 Å². The molecule has 3 aliphatic rings. The average molecular weight is 449 g/mol. The highest BCUT2D eigenvalue weighted by Crippen LogP contribution is 2.38. The predicted octanol–water partition coefficient (Wildman–Crippen LogP) is 3.12. The van der Waals surface area contributed by atoms with Gasteiger partial charge in [-0.25, -0.2) is 9.48 Å². The molecule has 5 rings (SSSR count). The third-order valence-electron chi connectivity index (χ3n) is 6.66. The van der Waals surface area contributed by atoms with Crippen molar-refractivity contribution in [1.82, 2.24) is 20.0 Å². The van der Waals surface area contributed by atoms with Gasteiger partial charge < -0.3 is 15.6 Å². The van der Waals surface area contributed by atoms with Crippen molar-refractivity contribution >= 4 is 17.7 Å². The van der Waals surface area contributed by atoms with Crippen LogP contribution in [0.4, 0.5) is 4.79 Å². The molecule has 0 bridgehead atoms. The van der Waals surface area contributed by atoms with Crippen LogP contribution in [0.1, 0.15) is 74.5 Å². The minimum absolute atomic E-state index is 0.148. The van der Waals surface area contributed by atoms with E-state index in [9.17, 15) is 15.1 Å². The van der Waals surface area contributed by atoms with Gasteiger partial charge >= 0.3 is 17.7 Å². The Morgan fingerprint density at radius 1 is 1.24 bits per heavy atom. The quantitative estimate of drug-likeness (QED) is 0.562. The highest BCUT2D eigenvalue weighted by atomic mass is 16.6. The fraction of sp³-hybridized carbons (Fsp3) is 0.500. The zero-order chi connectivity index (χ0) is 23.3. The smallest absolute Gasteiger partial charge is 0.410 e. The first-order valence-electron chi connectivity index (χ1n) is 11.5. The van der Waals surface area contributed by atoms with Gasteiger partial charge in [0, 0.05) is 25.1 Å². The van der Waals surface area contributed by atoms with Crippen LogP contribution in [0.15, 0.2) is 24.3 Å². The van der Waals surface area contributed by atoms with E-state index >= 15 is 0 Å². The Balaban J connectivity index is 1.58. The van der Waals surface area contributed by atoms with Gasteiger partial charge in [0.15, 0.2) is 5.69 Å². The summed E-state index contributed by atoms with van der Waals surface area (Å²) in [6.45, 7) is 6.08. The molecule has 0 saturated heterocycles. The van der Waals surface area contributed by atoms with Crippen molar-refractivity contribution in [2.75, 3.05) is 13.1 Å². The van der Waals surface area contributed by atoms with E-state index in [0.29, 0.717) is 24.6 Å². The van der Waals surface area contributed by atoms with E-state index in [0.717, 1.165) is 16.9 Å². The third-order valence-corrected chi connectivity index (χ3v) is 6.66. The lowest BCUT2D eigenvalue weighted by Crippen LogP contribution is -2.46. The van der Waals surface area contributed by atoms with Crippen LogP contribution in [0.25, 0.3) is 11.2 Å². The van der Waals surface area contributed by atoms with Crippen LogP contribution in [0, 0.1) is 0 Å². The van der Waals surface area contributed by atoms with Gasteiger partial charge in [0.1, 0.15) is 5.60 Å². The summed E-state index contributed by atoms with van der Waals surface area (Å²) < 4.78 is 7.44. The predicted molar refractivity (Wildman–Crippen MR) is 120 cm³/mol. The van der Waals surface area contributed by atoms with Crippen molar-refractivity contribution in [3.63, 3.8) is 0 Å². The van der Waals surface area contributed by atoms with Crippen molar-refractivity contribution in [2.45, 2.75) is 64.0 Å². The number of aromatic nitrogens is 2. The van der Waals surface area contributed by atoms with Crippen molar-refractivity contribution in [2.24, 2.45) is 0 Å². The van der Waals surface area contributed by atoms with Gasteiger partial charge in [0.05, 0.1) is 17.4 Å². The molecule has 1 saturated carbocycles. The first kappa shape index (κ1) is 21.4. The summed E-state index contributed by atoms with van der Waals surface area (Å²) >= 11 is 0. The van der Waals surface area contributed by atoms with Gasteiger partial charge in [0.25, 0.3) is 0 Å². The SMILES string of the molecule is CC(C)(C)OC(=O)N1CCc2c3c(nn2-c2ccc(C4CCC4)cc2)C(=[N+]=[N-])C(=O)NC[C@@H]31. The summed E-state index contributed by atoms with van der Waals surface area (Å²) in [6, 6.07) is 7.90. The molecule has 0 unspecified atom stereocenters. The minimum Gasteiger partial charge on any atom is -0.444 e. The Morgan fingerprint density at radius 2 is 1.97 bits per heavy atom. The standard InChI is InChI=1S/C24H28N6O3/c1-24(2,3)33-23(32)29-12-11-17-19-18(29)13-26-22(31)21(27-25)20(19)28-30(17)16-9-7-15(8-10-16)14-5-4-6-14/h7-10,14,18H,4-6,11-13H2,1-3H3,(H,26,31)/t18-/m0/s1. The van der Waals surface area contributed by atoms with E-state index in [4.69, 9.17) is 9.84 Å². The van der Waals surface area contributed by atoms with Crippen LogP contribution in [-0.4, -0.2) is 55.9 Å². The maximum Gasteiger partial charge on any atom is 0.410 e. The second-order valence-corrected chi connectivity index (χ2v) is 9.94. The lowest BCUT2D eigenvalue weighted by Gasteiger charge is -2.36. The van der Waals surface area contributed by atoms with Gasteiger partial charge in [-0.05, 0) is 57.2 Å². The molecule has 1 aromatic heterocycles. The van der Waals surface area contributed by atoms with Crippen LogP contribution in [-0.2, 0) is 16.0 Å². The molecule has 33 heavy (non-hydrogen) atoms. The molecular formula is C24H28N6O3. The van der Waals surface area contributed by atoms with Gasteiger partial charge in [-0.3, -0.25) is 9.69 Å². The molecule has 9 nitrogen and oxygen atoms in total. The molecular weight excluding hydrogens is 420 g/mol. The normalized spacial score (nSPS) is 20.3. The molecule has 0 radical (unpaired) electrons.